The molecule has 0 saturated carbocycles. The van der Waals surface area contributed by atoms with E-state index in [9.17, 15) is 5.11 Å². The smallest absolute Gasteiger partial charge is 0.183 e. The first-order chi connectivity index (χ1) is 10.2. The number of thiazole rings is 1. The molecule has 1 fully saturated rings. The van der Waals surface area contributed by atoms with Crippen LogP contribution in [-0.4, -0.2) is 29.3 Å². The Bertz CT molecular complexity index is 596. The molecule has 0 atom stereocenters. The lowest BCUT2D eigenvalue weighted by molar-refractivity contribution is 0.145. The van der Waals surface area contributed by atoms with E-state index in [2.05, 4.69) is 33.4 Å². The number of aromatic nitrogens is 1. The zero-order valence-electron chi connectivity index (χ0n) is 11.6. The number of hydrogen-bond acceptors (Lipinski definition) is 5. The SMILES string of the molecule is OC1CCN(c2ccccc2NCc2cnc(Cl)s2)CC1. The van der Waals surface area contributed by atoms with Gasteiger partial charge in [0.25, 0.3) is 0 Å². The van der Waals surface area contributed by atoms with Gasteiger partial charge in [-0.05, 0) is 25.0 Å². The van der Waals surface area contributed by atoms with Gasteiger partial charge in [-0.1, -0.05) is 23.7 Å². The Kier molecular flexibility index (Phi) is 4.63. The van der Waals surface area contributed by atoms with Crippen molar-refractivity contribution >= 4 is 34.3 Å². The van der Waals surface area contributed by atoms with E-state index in [4.69, 9.17) is 11.6 Å². The summed E-state index contributed by atoms with van der Waals surface area (Å²) >= 11 is 7.35. The van der Waals surface area contributed by atoms with Gasteiger partial charge >= 0.3 is 0 Å². The van der Waals surface area contributed by atoms with Gasteiger partial charge in [0.15, 0.2) is 4.47 Å². The second-order valence-electron chi connectivity index (χ2n) is 5.17. The Hall–Kier alpha value is -1.30. The van der Waals surface area contributed by atoms with E-state index in [1.807, 2.05) is 6.07 Å². The molecule has 0 unspecified atom stereocenters. The molecule has 0 aliphatic carbocycles. The quantitative estimate of drug-likeness (QED) is 0.905. The van der Waals surface area contributed by atoms with Crippen molar-refractivity contribution < 1.29 is 5.11 Å². The number of para-hydroxylation sites is 2. The fourth-order valence-corrected chi connectivity index (χ4v) is 3.47. The van der Waals surface area contributed by atoms with Gasteiger partial charge in [0.05, 0.1) is 24.0 Å². The monoisotopic (exact) mass is 323 g/mol. The van der Waals surface area contributed by atoms with Gasteiger partial charge in [-0.25, -0.2) is 4.98 Å². The van der Waals surface area contributed by atoms with Crippen molar-refractivity contribution in [3.8, 4) is 0 Å². The summed E-state index contributed by atoms with van der Waals surface area (Å²) in [4.78, 5) is 7.50. The van der Waals surface area contributed by atoms with Crippen LogP contribution in [0.4, 0.5) is 11.4 Å². The predicted octanol–water partition coefficient (Wildman–Crippen LogP) is 3.37. The third-order valence-corrected chi connectivity index (χ3v) is 4.80. The Balaban J connectivity index is 1.70. The Morgan fingerprint density at radius 3 is 2.81 bits per heavy atom. The molecule has 2 heterocycles. The molecule has 6 heteroatoms. The highest BCUT2D eigenvalue weighted by Gasteiger charge is 2.19. The average molecular weight is 324 g/mol. The van der Waals surface area contributed by atoms with E-state index in [0.29, 0.717) is 4.47 Å². The topological polar surface area (TPSA) is 48.4 Å². The minimum absolute atomic E-state index is 0.152. The van der Waals surface area contributed by atoms with Crippen molar-refractivity contribution in [1.82, 2.24) is 4.98 Å². The van der Waals surface area contributed by atoms with E-state index in [-0.39, 0.29) is 6.10 Å². The Labute approximate surface area is 133 Å². The van der Waals surface area contributed by atoms with Crippen LogP contribution in [0.2, 0.25) is 4.47 Å². The molecule has 1 aliphatic rings. The van der Waals surface area contributed by atoms with Crippen LogP contribution in [0, 0.1) is 0 Å². The first-order valence-corrected chi connectivity index (χ1v) is 8.28. The molecule has 4 nitrogen and oxygen atoms in total. The molecule has 1 aromatic heterocycles. The first kappa shape index (κ1) is 14.6. The highest BCUT2D eigenvalue weighted by Crippen LogP contribution is 2.29. The van der Waals surface area contributed by atoms with Gasteiger partial charge in [-0.15, -0.1) is 11.3 Å². The van der Waals surface area contributed by atoms with Crippen molar-refractivity contribution in [3.05, 3.63) is 39.8 Å². The Morgan fingerprint density at radius 2 is 2.10 bits per heavy atom. The lowest BCUT2D eigenvalue weighted by atomic mass is 10.1. The number of aliphatic hydroxyl groups is 1. The maximum atomic E-state index is 9.64. The average Bonchev–Trinajstić information content (AvgIpc) is 2.92. The molecule has 1 aliphatic heterocycles. The van der Waals surface area contributed by atoms with Crippen LogP contribution in [0.25, 0.3) is 0 Å². The predicted molar refractivity (Wildman–Crippen MR) is 88.3 cm³/mol. The summed E-state index contributed by atoms with van der Waals surface area (Å²) in [5, 5.41) is 13.1. The second-order valence-corrected chi connectivity index (χ2v) is 6.87. The molecule has 3 rings (SSSR count). The number of nitrogens with zero attached hydrogens (tertiary/aromatic N) is 2. The summed E-state index contributed by atoms with van der Waals surface area (Å²) in [6, 6.07) is 8.29. The zero-order valence-corrected chi connectivity index (χ0v) is 13.2. The Morgan fingerprint density at radius 1 is 1.33 bits per heavy atom. The highest BCUT2D eigenvalue weighted by molar-refractivity contribution is 7.15. The molecule has 0 amide bonds. The fraction of sp³-hybridized carbons (Fsp3) is 0.400. The normalized spacial score (nSPS) is 16.2. The van der Waals surface area contributed by atoms with Crippen molar-refractivity contribution in [2.24, 2.45) is 0 Å². The third-order valence-electron chi connectivity index (χ3n) is 3.69. The number of halogens is 1. The van der Waals surface area contributed by atoms with Gasteiger partial charge in [-0.3, -0.25) is 0 Å². The van der Waals surface area contributed by atoms with Crippen LogP contribution >= 0.6 is 22.9 Å². The van der Waals surface area contributed by atoms with Crippen LogP contribution < -0.4 is 10.2 Å². The van der Waals surface area contributed by atoms with E-state index in [0.717, 1.165) is 43.0 Å². The van der Waals surface area contributed by atoms with Gasteiger partial charge in [0, 0.05) is 24.2 Å². The second kappa shape index (κ2) is 6.64. The number of nitrogens with one attached hydrogen (secondary N) is 1. The van der Waals surface area contributed by atoms with Crippen LogP contribution in [-0.2, 0) is 6.54 Å². The number of anilines is 2. The standard InChI is InChI=1S/C15H18ClN3OS/c16-15-18-10-12(21-15)9-17-13-3-1-2-4-14(13)19-7-5-11(20)6-8-19/h1-4,10-11,17,20H,5-9H2. The number of benzene rings is 1. The van der Waals surface area contributed by atoms with Crippen LogP contribution in [0.5, 0.6) is 0 Å². The zero-order chi connectivity index (χ0) is 14.7. The largest absolute Gasteiger partial charge is 0.393 e. The van der Waals surface area contributed by atoms with E-state index in [1.54, 1.807) is 6.20 Å². The summed E-state index contributed by atoms with van der Waals surface area (Å²) in [6.07, 6.45) is 3.32. The number of piperidine rings is 1. The molecule has 0 spiro atoms. The molecule has 0 bridgehead atoms. The molecule has 112 valence electrons. The summed E-state index contributed by atoms with van der Waals surface area (Å²) in [7, 11) is 0. The summed E-state index contributed by atoms with van der Waals surface area (Å²) in [6.45, 7) is 2.51. The maximum Gasteiger partial charge on any atom is 0.183 e. The number of rotatable bonds is 4. The van der Waals surface area contributed by atoms with E-state index >= 15 is 0 Å². The van der Waals surface area contributed by atoms with E-state index < -0.39 is 0 Å². The van der Waals surface area contributed by atoms with Gasteiger partial charge in [0.2, 0.25) is 0 Å². The van der Waals surface area contributed by atoms with Crippen molar-refractivity contribution in [2.75, 3.05) is 23.3 Å². The van der Waals surface area contributed by atoms with Crippen molar-refractivity contribution in [2.45, 2.75) is 25.5 Å². The van der Waals surface area contributed by atoms with Gasteiger partial charge in [-0.2, -0.15) is 0 Å². The van der Waals surface area contributed by atoms with Crippen LogP contribution in [0.1, 0.15) is 17.7 Å². The number of aliphatic hydroxyl groups excluding tert-OH is 1. The van der Waals surface area contributed by atoms with E-state index in [1.165, 1.54) is 17.0 Å². The molecule has 2 N–H and O–H groups in total. The summed E-state index contributed by atoms with van der Waals surface area (Å²) in [5.74, 6) is 0. The lowest BCUT2D eigenvalue weighted by Crippen LogP contribution is -2.36. The maximum absolute atomic E-state index is 9.64. The molecule has 2 aromatic rings. The summed E-state index contributed by atoms with van der Waals surface area (Å²) < 4.78 is 0.574. The third kappa shape index (κ3) is 3.67. The van der Waals surface area contributed by atoms with Gasteiger partial charge < -0.3 is 15.3 Å². The molecular formula is C15H18ClN3OS. The van der Waals surface area contributed by atoms with Gasteiger partial charge in [0.1, 0.15) is 0 Å². The minimum Gasteiger partial charge on any atom is -0.393 e. The van der Waals surface area contributed by atoms with Crippen LogP contribution in [0.3, 0.4) is 0 Å². The molecule has 1 aromatic carbocycles. The van der Waals surface area contributed by atoms with Crippen molar-refractivity contribution in [3.63, 3.8) is 0 Å². The lowest BCUT2D eigenvalue weighted by Gasteiger charge is -2.33. The molecule has 0 radical (unpaired) electrons. The minimum atomic E-state index is -0.152. The highest BCUT2D eigenvalue weighted by atomic mass is 35.5. The van der Waals surface area contributed by atoms with Crippen LogP contribution in [0.15, 0.2) is 30.5 Å². The fourth-order valence-electron chi connectivity index (χ4n) is 2.55. The first-order valence-electron chi connectivity index (χ1n) is 7.08. The summed E-state index contributed by atoms with van der Waals surface area (Å²) in [5.41, 5.74) is 2.30. The number of hydrogen-bond donors (Lipinski definition) is 2. The van der Waals surface area contributed by atoms with Crippen molar-refractivity contribution in [1.29, 1.82) is 0 Å². The molecule has 21 heavy (non-hydrogen) atoms. The molecular weight excluding hydrogens is 306 g/mol. The molecule has 1 saturated heterocycles.